The average molecular weight is 303 g/mol. The average Bonchev–Trinajstić information content (AvgIpc) is 2.86. The Morgan fingerprint density at radius 1 is 1.48 bits per heavy atom. The van der Waals surface area contributed by atoms with Gasteiger partial charge in [0.2, 0.25) is 0 Å². The minimum atomic E-state index is -0.529. The minimum Gasteiger partial charge on any atom is -0.394 e. The zero-order valence-corrected chi connectivity index (χ0v) is 12.1. The number of hydrogen-bond donors (Lipinski definition) is 2. The van der Waals surface area contributed by atoms with Crippen molar-refractivity contribution in [3.63, 3.8) is 0 Å². The summed E-state index contributed by atoms with van der Waals surface area (Å²) in [6.45, 7) is 1.46. The van der Waals surface area contributed by atoms with Crippen LogP contribution in [-0.4, -0.2) is 33.0 Å². The van der Waals surface area contributed by atoms with Gasteiger partial charge in [0, 0.05) is 12.2 Å². The third-order valence-electron chi connectivity index (χ3n) is 3.13. The van der Waals surface area contributed by atoms with Gasteiger partial charge in [0.15, 0.2) is 4.96 Å². The standard InChI is InChI=1S/C14H13N3O3S/c1-8(7-18)16-12(19)9-6-15-14-17(13(9)20)10-4-2-3-5-11(10)21-14/h2-6,8,18H,7H2,1H3,(H,16,19). The summed E-state index contributed by atoms with van der Waals surface area (Å²) < 4.78 is 2.38. The summed E-state index contributed by atoms with van der Waals surface area (Å²) in [5.74, 6) is -0.529. The van der Waals surface area contributed by atoms with Crippen LogP contribution in [0.2, 0.25) is 0 Å². The molecule has 0 bridgehead atoms. The Bertz CT molecular complexity index is 884. The van der Waals surface area contributed by atoms with Crippen molar-refractivity contribution < 1.29 is 9.90 Å². The second-order valence-electron chi connectivity index (χ2n) is 4.72. The van der Waals surface area contributed by atoms with E-state index in [1.54, 1.807) is 6.92 Å². The van der Waals surface area contributed by atoms with Crippen molar-refractivity contribution in [1.82, 2.24) is 14.7 Å². The highest BCUT2D eigenvalue weighted by Gasteiger charge is 2.17. The summed E-state index contributed by atoms with van der Waals surface area (Å²) in [6, 6.07) is 7.03. The maximum atomic E-state index is 12.5. The van der Waals surface area contributed by atoms with E-state index in [1.165, 1.54) is 21.9 Å². The van der Waals surface area contributed by atoms with E-state index in [1.807, 2.05) is 24.3 Å². The molecule has 1 aromatic carbocycles. The predicted octanol–water partition coefficient (Wildman–Crippen LogP) is 1.02. The summed E-state index contributed by atoms with van der Waals surface area (Å²) in [7, 11) is 0. The third-order valence-corrected chi connectivity index (χ3v) is 4.17. The molecule has 2 heterocycles. The highest BCUT2D eigenvalue weighted by Crippen LogP contribution is 2.23. The number of nitrogens with one attached hydrogen (secondary N) is 1. The minimum absolute atomic E-state index is 0.0312. The van der Waals surface area contributed by atoms with Crippen LogP contribution in [0.25, 0.3) is 15.2 Å². The maximum absolute atomic E-state index is 12.5. The van der Waals surface area contributed by atoms with Crippen LogP contribution in [0.1, 0.15) is 17.3 Å². The fraction of sp³-hybridized carbons (Fsp3) is 0.214. The molecule has 0 saturated heterocycles. The molecule has 7 heteroatoms. The molecule has 2 N–H and O–H groups in total. The lowest BCUT2D eigenvalue weighted by molar-refractivity contribution is 0.0920. The summed E-state index contributed by atoms with van der Waals surface area (Å²) in [4.78, 5) is 29.3. The smallest absolute Gasteiger partial charge is 0.271 e. The fourth-order valence-electron chi connectivity index (χ4n) is 2.05. The van der Waals surface area contributed by atoms with Crippen molar-refractivity contribution in [3.05, 3.63) is 46.4 Å². The maximum Gasteiger partial charge on any atom is 0.271 e. The van der Waals surface area contributed by atoms with Gasteiger partial charge in [0.1, 0.15) is 5.56 Å². The molecule has 3 rings (SSSR count). The monoisotopic (exact) mass is 303 g/mol. The van der Waals surface area contributed by atoms with E-state index >= 15 is 0 Å². The lowest BCUT2D eigenvalue weighted by Crippen LogP contribution is -2.38. The molecule has 3 aromatic rings. The van der Waals surface area contributed by atoms with Crippen molar-refractivity contribution in [2.45, 2.75) is 13.0 Å². The number of nitrogens with zero attached hydrogens (tertiary/aromatic N) is 2. The largest absolute Gasteiger partial charge is 0.394 e. The number of aliphatic hydroxyl groups excluding tert-OH is 1. The molecule has 21 heavy (non-hydrogen) atoms. The first-order valence-corrected chi connectivity index (χ1v) is 7.24. The summed E-state index contributed by atoms with van der Waals surface area (Å²) in [5, 5.41) is 11.5. The van der Waals surface area contributed by atoms with Crippen LogP contribution in [0, 0.1) is 0 Å². The summed E-state index contributed by atoms with van der Waals surface area (Å²) in [6.07, 6.45) is 1.28. The van der Waals surface area contributed by atoms with Crippen LogP contribution in [0.5, 0.6) is 0 Å². The first kappa shape index (κ1) is 13.7. The Morgan fingerprint density at radius 2 is 2.24 bits per heavy atom. The van der Waals surface area contributed by atoms with Gasteiger partial charge in [0.05, 0.1) is 16.8 Å². The molecule has 0 aliphatic carbocycles. The van der Waals surface area contributed by atoms with Gasteiger partial charge in [-0.3, -0.25) is 14.0 Å². The number of para-hydroxylation sites is 1. The third kappa shape index (κ3) is 2.30. The zero-order chi connectivity index (χ0) is 15.0. The van der Waals surface area contributed by atoms with Crippen molar-refractivity contribution in [2.24, 2.45) is 0 Å². The second kappa shape index (κ2) is 5.27. The van der Waals surface area contributed by atoms with E-state index in [0.717, 1.165) is 10.2 Å². The van der Waals surface area contributed by atoms with Crippen LogP contribution in [0.4, 0.5) is 0 Å². The van der Waals surface area contributed by atoms with Crippen molar-refractivity contribution >= 4 is 32.4 Å². The molecule has 0 radical (unpaired) electrons. The van der Waals surface area contributed by atoms with Gasteiger partial charge < -0.3 is 10.4 Å². The number of fused-ring (bicyclic) bond motifs is 3. The molecule has 0 spiro atoms. The van der Waals surface area contributed by atoms with Gasteiger partial charge in [-0.15, -0.1) is 0 Å². The van der Waals surface area contributed by atoms with Crippen LogP contribution in [0.15, 0.2) is 35.3 Å². The number of benzene rings is 1. The van der Waals surface area contributed by atoms with Gasteiger partial charge in [-0.1, -0.05) is 23.5 Å². The topological polar surface area (TPSA) is 83.7 Å². The van der Waals surface area contributed by atoms with Crippen LogP contribution >= 0.6 is 11.3 Å². The van der Waals surface area contributed by atoms with Gasteiger partial charge in [-0.2, -0.15) is 0 Å². The SMILES string of the molecule is CC(CO)NC(=O)c1cnc2sc3ccccc3n2c1=O. The normalized spacial score (nSPS) is 12.7. The quantitative estimate of drug-likeness (QED) is 0.756. The predicted molar refractivity (Wildman–Crippen MR) is 80.9 cm³/mol. The number of thiazole rings is 1. The first-order chi connectivity index (χ1) is 10.1. The first-order valence-electron chi connectivity index (χ1n) is 6.43. The molecule has 108 valence electrons. The van der Waals surface area contributed by atoms with Crippen molar-refractivity contribution in [2.75, 3.05) is 6.61 Å². The number of carbonyl (C=O) groups is 1. The van der Waals surface area contributed by atoms with Crippen LogP contribution in [-0.2, 0) is 0 Å². The van der Waals surface area contributed by atoms with E-state index < -0.39 is 17.5 Å². The molecule has 0 saturated carbocycles. The Labute approximate surface area is 123 Å². The Hall–Kier alpha value is -2.25. The number of aromatic nitrogens is 2. The molecule has 0 aliphatic heterocycles. The summed E-state index contributed by atoms with van der Waals surface area (Å²) >= 11 is 1.39. The van der Waals surface area contributed by atoms with E-state index in [0.29, 0.717) is 4.96 Å². The second-order valence-corrected chi connectivity index (χ2v) is 5.73. The van der Waals surface area contributed by atoms with E-state index in [4.69, 9.17) is 5.11 Å². The summed E-state index contributed by atoms with van der Waals surface area (Å²) in [5.41, 5.74) is 0.302. The number of amides is 1. The molecule has 1 unspecified atom stereocenters. The van der Waals surface area contributed by atoms with Gasteiger partial charge in [0.25, 0.3) is 11.5 Å². The number of carbonyl (C=O) groups excluding carboxylic acids is 1. The van der Waals surface area contributed by atoms with E-state index in [-0.39, 0.29) is 12.2 Å². The highest BCUT2D eigenvalue weighted by atomic mass is 32.1. The van der Waals surface area contributed by atoms with Crippen molar-refractivity contribution in [1.29, 1.82) is 0 Å². The molecule has 6 nitrogen and oxygen atoms in total. The van der Waals surface area contributed by atoms with Gasteiger partial charge >= 0.3 is 0 Å². The van der Waals surface area contributed by atoms with E-state index in [2.05, 4.69) is 10.3 Å². The lowest BCUT2D eigenvalue weighted by Gasteiger charge is -2.10. The number of rotatable bonds is 3. The zero-order valence-electron chi connectivity index (χ0n) is 11.2. The number of aliphatic hydroxyl groups is 1. The van der Waals surface area contributed by atoms with Crippen molar-refractivity contribution in [3.8, 4) is 0 Å². The molecular formula is C14H13N3O3S. The van der Waals surface area contributed by atoms with Crippen LogP contribution < -0.4 is 10.9 Å². The molecule has 1 amide bonds. The fourth-order valence-corrected chi connectivity index (χ4v) is 3.04. The van der Waals surface area contributed by atoms with Crippen LogP contribution in [0.3, 0.4) is 0 Å². The van der Waals surface area contributed by atoms with E-state index in [9.17, 15) is 9.59 Å². The lowest BCUT2D eigenvalue weighted by atomic mass is 10.2. The molecule has 0 aliphatic rings. The Morgan fingerprint density at radius 3 is 3.00 bits per heavy atom. The van der Waals surface area contributed by atoms with Gasteiger partial charge in [-0.05, 0) is 19.1 Å². The van der Waals surface area contributed by atoms with Gasteiger partial charge in [-0.25, -0.2) is 4.98 Å². The Balaban J connectivity index is 2.18. The molecule has 2 aromatic heterocycles. The Kier molecular flexibility index (Phi) is 3.44. The highest BCUT2D eigenvalue weighted by molar-refractivity contribution is 7.23. The number of hydrogen-bond acceptors (Lipinski definition) is 5. The molecule has 1 atom stereocenters. The molecule has 0 fully saturated rings. The molecular weight excluding hydrogens is 290 g/mol.